The number of carbonyl (C=O) groups is 1. The minimum Gasteiger partial charge on any atom is -0.481 e. The Morgan fingerprint density at radius 1 is 1.55 bits per heavy atom. The smallest absolute Gasteiger partial charge is 0.303 e. The van der Waals surface area contributed by atoms with Crippen molar-refractivity contribution in [2.75, 3.05) is 13.1 Å². The first kappa shape index (κ1) is 13.3. The summed E-state index contributed by atoms with van der Waals surface area (Å²) in [5, 5.41) is 10.6. The highest BCUT2D eigenvalue weighted by Gasteiger charge is 2.24. The van der Waals surface area contributed by atoms with Crippen molar-refractivity contribution in [3.8, 4) is 0 Å². The van der Waals surface area contributed by atoms with Gasteiger partial charge in [-0.15, -0.1) is 11.3 Å². The van der Waals surface area contributed by atoms with Gasteiger partial charge in [-0.25, -0.2) is 4.98 Å². The van der Waals surface area contributed by atoms with Crippen LogP contribution in [0.15, 0.2) is 22.4 Å². The van der Waals surface area contributed by atoms with Crippen LogP contribution in [0, 0.1) is 5.92 Å². The average molecular weight is 293 g/mol. The van der Waals surface area contributed by atoms with E-state index < -0.39 is 5.97 Å². The number of hydrogen-bond acceptors (Lipinski definition) is 5. The molecule has 1 aliphatic rings. The third kappa shape index (κ3) is 2.73. The van der Waals surface area contributed by atoms with Crippen LogP contribution in [0.4, 0.5) is 0 Å². The number of thiazole rings is 1. The molecular formula is C13H15N3O3S. The minimum absolute atomic E-state index is 0.0625. The number of carboxylic acids is 1. The Morgan fingerprint density at radius 3 is 3.20 bits per heavy atom. The van der Waals surface area contributed by atoms with Crippen LogP contribution in [0.2, 0.25) is 0 Å². The third-order valence-corrected chi connectivity index (χ3v) is 4.33. The largest absolute Gasteiger partial charge is 0.481 e. The van der Waals surface area contributed by atoms with Crippen LogP contribution in [0.25, 0.3) is 4.96 Å². The third-order valence-electron chi connectivity index (χ3n) is 3.58. The lowest BCUT2D eigenvalue weighted by Crippen LogP contribution is -2.23. The summed E-state index contributed by atoms with van der Waals surface area (Å²) < 4.78 is 1.53. The molecule has 1 saturated heterocycles. The van der Waals surface area contributed by atoms with Gasteiger partial charge in [0.15, 0.2) is 4.96 Å². The van der Waals surface area contributed by atoms with Gasteiger partial charge in [0.1, 0.15) is 0 Å². The second-order valence-corrected chi connectivity index (χ2v) is 6.00. The van der Waals surface area contributed by atoms with E-state index in [1.807, 2.05) is 5.38 Å². The van der Waals surface area contributed by atoms with Crippen molar-refractivity contribution in [1.82, 2.24) is 14.3 Å². The Hall–Kier alpha value is -1.73. The number of likely N-dealkylation sites (tertiary alicyclic amines) is 1. The van der Waals surface area contributed by atoms with Crippen LogP contribution < -0.4 is 5.56 Å². The molecule has 1 N–H and O–H groups in total. The maximum absolute atomic E-state index is 11.9. The van der Waals surface area contributed by atoms with Crippen molar-refractivity contribution in [2.45, 2.75) is 19.4 Å². The molecule has 0 spiro atoms. The highest BCUT2D eigenvalue weighted by atomic mass is 32.1. The van der Waals surface area contributed by atoms with E-state index in [9.17, 15) is 9.59 Å². The van der Waals surface area contributed by atoms with Crippen molar-refractivity contribution in [2.24, 2.45) is 5.92 Å². The van der Waals surface area contributed by atoms with Gasteiger partial charge in [-0.2, -0.15) is 0 Å². The fourth-order valence-corrected chi connectivity index (χ4v) is 3.41. The molecule has 1 unspecified atom stereocenters. The Bertz CT molecular complexity index is 693. The molecule has 7 heteroatoms. The summed E-state index contributed by atoms with van der Waals surface area (Å²) in [6.45, 7) is 2.24. The van der Waals surface area contributed by atoms with E-state index in [0.717, 1.165) is 25.2 Å². The van der Waals surface area contributed by atoms with Crippen molar-refractivity contribution >= 4 is 22.3 Å². The Kier molecular flexibility index (Phi) is 3.54. The van der Waals surface area contributed by atoms with E-state index in [4.69, 9.17) is 5.11 Å². The summed E-state index contributed by atoms with van der Waals surface area (Å²) in [4.78, 5) is 29.9. The van der Waals surface area contributed by atoms with Gasteiger partial charge in [0.05, 0.1) is 5.69 Å². The van der Waals surface area contributed by atoms with Gasteiger partial charge in [-0.3, -0.25) is 18.9 Å². The van der Waals surface area contributed by atoms with E-state index in [0.29, 0.717) is 11.5 Å². The monoisotopic (exact) mass is 293 g/mol. The molecule has 20 heavy (non-hydrogen) atoms. The molecule has 2 aromatic rings. The molecule has 106 valence electrons. The molecule has 3 heterocycles. The Balaban J connectivity index is 1.71. The number of nitrogens with zero attached hydrogens (tertiary/aromatic N) is 3. The predicted molar refractivity (Wildman–Crippen MR) is 75.0 cm³/mol. The van der Waals surface area contributed by atoms with Gasteiger partial charge in [0, 0.05) is 37.2 Å². The fourth-order valence-electron chi connectivity index (χ4n) is 2.67. The highest BCUT2D eigenvalue weighted by molar-refractivity contribution is 7.15. The molecule has 1 atom stereocenters. The molecular weight excluding hydrogens is 278 g/mol. The molecule has 0 bridgehead atoms. The van der Waals surface area contributed by atoms with Crippen LogP contribution in [0.3, 0.4) is 0 Å². The second kappa shape index (κ2) is 5.34. The summed E-state index contributed by atoms with van der Waals surface area (Å²) in [6.07, 6.45) is 2.83. The lowest BCUT2D eigenvalue weighted by atomic mass is 10.1. The lowest BCUT2D eigenvalue weighted by Gasteiger charge is -2.14. The SMILES string of the molecule is O=C(O)CC1CCN(Cc2cc(=O)n3ccsc3n2)C1. The predicted octanol–water partition coefficient (Wildman–Crippen LogP) is 1.05. The molecule has 3 rings (SSSR count). The van der Waals surface area contributed by atoms with E-state index in [1.165, 1.54) is 15.7 Å². The first-order valence-electron chi connectivity index (χ1n) is 6.52. The van der Waals surface area contributed by atoms with Crippen LogP contribution in [-0.4, -0.2) is 38.4 Å². The summed E-state index contributed by atoms with van der Waals surface area (Å²) in [5.74, 6) is -0.535. The van der Waals surface area contributed by atoms with Gasteiger partial charge in [-0.05, 0) is 18.9 Å². The van der Waals surface area contributed by atoms with Crippen molar-refractivity contribution < 1.29 is 9.90 Å². The van der Waals surface area contributed by atoms with Gasteiger partial charge < -0.3 is 5.11 Å². The average Bonchev–Trinajstić information content (AvgIpc) is 2.98. The van der Waals surface area contributed by atoms with Crippen molar-refractivity contribution in [3.63, 3.8) is 0 Å². The maximum atomic E-state index is 11.9. The zero-order valence-corrected chi connectivity index (χ0v) is 11.7. The number of aromatic nitrogens is 2. The Morgan fingerprint density at radius 2 is 2.40 bits per heavy atom. The molecule has 0 saturated carbocycles. The van der Waals surface area contributed by atoms with Crippen LogP contribution in [-0.2, 0) is 11.3 Å². The topological polar surface area (TPSA) is 74.9 Å². The second-order valence-electron chi connectivity index (χ2n) is 5.13. The molecule has 0 aromatic carbocycles. The number of carboxylic acid groups (broad SMARTS) is 1. The van der Waals surface area contributed by atoms with Gasteiger partial charge in [-0.1, -0.05) is 0 Å². The minimum atomic E-state index is -0.742. The zero-order chi connectivity index (χ0) is 14.1. The van der Waals surface area contributed by atoms with E-state index in [2.05, 4.69) is 9.88 Å². The molecule has 0 aliphatic carbocycles. The zero-order valence-electron chi connectivity index (χ0n) is 10.9. The summed E-state index contributed by atoms with van der Waals surface area (Å²) in [6, 6.07) is 1.56. The van der Waals surface area contributed by atoms with Crippen molar-refractivity contribution in [1.29, 1.82) is 0 Å². The fraction of sp³-hybridized carbons (Fsp3) is 0.462. The summed E-state index contributed by atoms with van der Waals surface area (Å²) >= 11 is 1.44. The van der Waals surface area contributed by atoms with Crippen LogP contribution in [0.5, 0.6) is 0 Å². The van der Waals surface area contributed by atoms with Gasteiger partial charge >= 0.3 is 5.97 Å². The molecule has 0 radical (unpaired) electrons. The molecule has 1 fully saturated rings. The first-order valence-corrected chi connectivity index (χ1v) is 7.40. The quantitative estimate of drug-likeness (QED) is 0.912. The van der Waals surface area contributed by atoms with E-state index >= 15 is 0 Å². The normalized spacial score (nSPS) is 19.7. The van der Waals surface area contributed by atoms with Gasteiger partial charge in [0.25, 0.3) is 5.56 Å². The molecule has 1 aliphatic heterocycles. The lowest BCUT2D eigenvalue weighted by molar-refractivity contribution is -0.138. The first-order chi connectivity index (χ1) is 9.61. The van der Waals surface area contributed by atoms with E-state index in [1.54, 1.807) is 12.3 Å². The van der Waals surface area contributed by atoms with E-state index in [-0.39, 0.29) is 17.9 Å². The maximum Gasteiger partial charge on any atom is 0.303 e. The van der Waals surface area contributed by atoms with Crippen LogP contribution in [0.1, 0.15) is 18.5 Å². The molecule has 2 aromatic heterocycles. The number of aliphatic carboxylic acids is 1. The van der Waals surface area contributed by atoms with Gasteiger partial charge in [0.2, 0.25) is 0 Å². The Labute approximate surface area is 119 Å². The summed E-state index contributed by atoms with van der Waals surface area (Å²) in [5.41, 5.74) is 0.695. The van der Waals surface area contributed by atoms with Crippen LogP contribution >= 0.6 is 11.3 Å². The number of fused-ring (bicyclic) bond motifs is 1. The summed E-state index contributed by atoms with van der Waals surface area (Å²) in [7, 11) is 0. The highest BCUT2D eigenvalue weighted by Crippen LogP contribution is 2.21. The molecule has 0 amide bonds. The standard InChI is InChI=1S/C13H15N3O3S/c17-11-6-10(14-13-16(11)3-4-20-13)8-15-2-1-9(7-15)5-12(18)19/h3-4,6,9H,1-2,5,7-8H2,(H,18,19). The number of rotatable bonds is 4. The van der Waals surface area contributed by atoms with Crippen molar-refractivity contribution in [3.05, 3.63) is 33.7 Å². The number of hydrogen-bond donors (Lipinski definition) is 1. The molecule has 6 nitrogen and oxygen atoms in total.